The number of anilines is 1. The van der Waals surface area contributed by atoms with E-state index in [0.29, 0.717) is 6.04 Å². The van der Waals surface area contributed by atoms with E-state index in [1.54, 1.807) is 6.20 Å². The van der Waals surface area contributed by atoms with Gasteiger partial charge in [0.1, 0.15) is 5.82 Å². The molecule has 4 rings (SSSR count). The normalized spacial score (nSPS) is 19.7. The molecule has 26 heavy (non-hydrogen) atoms. The Bertz CT molecular complexity index is 715. The minimum absolute atomic E-state index is 0.166. The number of piperidine rings is 1. The molecule has 1 N–H and O–H groups in total. The Morgan fingerprint density at radius 1 is 1.04 bits per heavy atom. The molecule has 6 nitrogen and oxygen atoms in total. The Balaban J connectivity index is 1.33. The fourth-order valence-electron chi connectivity index (χ4n) is 4.19. The number of nitrogens with one attached hydrogen (secondary N) is 1. The Labute approximate surface area is 154 Å². The number of amides is 1. The van der Waals surface area contributed by atoms with Gasteiger partial charge in [0.25, 0.3) is 0 Å². The van der Waals surface area contributed by atoms with E-state index in [2.05, 4.69) is 32.4 Å². The number of hydrogen-bond acceptors (Lipinski definition) is 4. The largest absolute Gasteiger partial charge is 0.311 e. The average Bonchev–Trinajstić information content (AvgIpc) is 3.35. The quantitative estimate of drug-likeness (QED) is 0.896. The molecule has 0 bridgehead atoms. The molecule has 2 aromatic rings. The van der Waals surface area contributed by atoms with Gasteiger partial charge in [-0.2, -0.15) is 5.10 Å². The molecule has 1 saturated carbocycles. The van der Waals surface area contributed by atoms with E-state index < -0.39 is 0 Å². The number of carbonyl (C=O) groups is 1. The van der Waals surface area contributed by atoms with Gasteiger partial charge in [-0.05, 0) is 43.4 Å². The molecule has 1 saturated heterocycles. The predicted octanol–water partition coefficient (Wildman–Crippen LogP) is 3.24. The summed E-state index contributed by atoms with van der Waals surface area (Å²) >= 11 is 0. The lowest BCUT2D eigenvalue weighted by molar-refractivity contribution is -0.119. The van der Waals surface area contributed by atoms with Gasteiger partial charge in [0.15, 0.2) is 0 Å². The molecule has 138 valence electrons. The van der Waals surface area contributed by atoms with Gasteiger partial charge in [-0.1, -0.05) is 12.8 Å². The highest BCUT2D eigenvalue weighted by atomic mass is 16.2. The Morgan fingerprint density at radius 3 is 2.50 bits per heavy atom. The predicted molar refractivity (Wildman–Crippen MR) is 101 cm³/mol. The van der Waals surface area contributed by atoms with Gasteiger partial charge < -0.3 is 5.32 Å². The van der Waals surface area contributed by atoms with Crippen molar-refractivity contribution in [3.63, 3.8) is 0 Å². The molecule has 1 amide bonds. The van der Waals surface area contributed by atoms with E-state index in [0.717, 1.165) is 51.1 Å². The van der Waals surface area contributed by atoms with Crippen molar-refractivity contribution >= 4 is 11.7 Å². The van der Waals surface area contributed by atoms with Crippen molar-refractivity contribution in [2.45, 2.75) is 51.1 Å². The maximum atomic E-state index is 12.4. The highest BCUT2D eigenvalue weighted by Gasteiger charge is 2.26. The highest BCUT2D eigenvalue weighted by Crippen LogP contribution is 2.29. The van der Waals surface area contributed by atoms with E-state index in [9.17, 15) is 4.79 Å². The zero-order chi connectivity index (χ0) is 17.8. The summed E-state index contributed by atoms with van der Waals surface area (Å²) in [6.45, 7) is 3.06. The van der Waals surface area contributed by atoms with Gasteiger partial charge in [-0.3, -0.25) is 14.7 Å². The Morgan fingerprint density at radius 2 is 1.77 bits per heavy atom. The second-order valence-electron chi connectivity index (χ2n) is 7.49. The third-order valence-corrected chi connectivity index (χ3v) is 5.71. The number of pyridine rings is 1. The minimum atomic E-state index is 0.166. The van der Waals surface area contributed by atoms with Crippen LogP contribution in [0.25, 0.3) is 0 Å². The molecule has 1 aliphatic heterocycles. The van der Waals surface area contributed by atoms with Gasteiger partial charge in [0.2, 0.25) is 5.91 Å². The maximum Gasteiger partial charge on any atom is 0.228 e. The first kappa shape index (κ1) is 17.2. The first-order valence-electron chi connectivity index (χ1n) is 9.75. The van der Waals surface area contributed by atoms with Crippen molar-refractivity contribution in [2.24, 2.45) is 5.92 Å². The number of aromatic nitrogens is 3. The molecule has 3 heterocycles. The molecular formula is C20H27N5O. The molecule has 0 aromatic carbocycles. The van der Waals surface area contributed by atoms with E-state index in [-0.39, 0.29) is 11.8 Å². The van der Waals surface area contributed by atoms with Gasteiger partial charge in [0.05, 0.1) is 12.2 Å². The third kappa shape index (κ3) is 3.96. The zero-order valence-corrected chi connectivity index (χ0v) is 15.2. The minimum Gasteiger partial charge on any atom is -0.311 e. The number of rotatable bonds is 5. The monoisotopic (exact) mass is 353 g/mol. The SMILES string of the molecule is O=C(Nc1ccnn1C1CCN(Cc2ccncc2)CC1)C1CCCC1. The molecule has 6 heteroatoms. The summed E-state index contributed by atoms with van der Waals surface area (Å²) in [7, 11) is 0. The van der Waals surface area contributed by atoms with Crippen LogP contribution < -0.4 is 5.32 Å². The molecule has 2 aliphatic rings. The van der Waals surface area contributed by atoms with E-state index >= 15 is 0 Å². The smallest absolute Gasteiger partial charge is 0.228 e. The van der Waals surface area contributed by atoms with Gasteiger partial charge in [0, 0.05) is 44.0 Å². The van der Waals surface area contributed by atoms with Crippen LogP contribution in [0.3, 0.4) is 0 Å². The summed E-state index contributed by atoms with van der Waals surface area (Å²) in [6.07, 6.45) is 12.0. The fraction of sp³-hybridized carbons (Fsp3) is 0.550. The van der Waals surface area contributed by atoms with Crippen LogP contribution >= 0.6 is 0 Å². The van der Waals surface area contributed by atoms with Crippen LogP contribution in [0.2, 0.25) is 0 Å². The van der Waals surface area contributed by atoms with Gasteiger partial charge in [-0.25, -0.2) is 4.68 Å². The van der Waals surface area contributed by atoms with Crippen molar-refractivity contribution < 1.29 is 4.79 Å². The summed E-state index contributed by atoms with van der Waals surface area (Å²) in [4.78, 5) is 19.0. The molecular weight excluding hydrogens is 326 g/mol. The topological polar surface area (TPSA) is 63.1 Å². The maximum absolute atomic E-state index is 12.4. The van der Waals surface area contributed by atoms with Crippen molar-refractivity contribution in [2.75, 3.05) is 18.4 Å². The third-order valence-electron chi connectivity index (χ3n) is 5.71. The van der Waals surface area contributed by atoms with Crippen molar-refractivity contribution in [1.82, 2.24) is 19.7 Å². The average molecular weight is 353 g/mol. The first-order valence-corrected chi connectivity index (χ1v) is 9.75. The standard InChI is InChI=1S/C20H27N5O/c26-20(17-3-1-2-4-17)23-19-7-12-22-25(19)18-8-13-24(14-9-18)15-16-5-10-21-11-6-16/h5-7,10-12,17-18H,1-4,8-9,13-15H2,(H,23,26). The highest BCUT2D eigenvalue weighted by molar-refractivity contribution is 5.91. The van der Waals surface area contributed by atoms with E-state index in [1.807, 2.05) is 23.1 Å². The van der Waals surface area contributed by atoms with Crippen LogP contribution in [0, 0.1) is 5.92 Å². The van der Waals surface area contributed by atoms with Gasteiger partial charge >= 0.3 is 0 Å². The second-order valence-corrected chi connectivity index (χ2v) is 7.49. The van der Waals surface area contributed by atoms with Crippen molar-refractivity contribution in [1.29, 1.82) is 0 Å². The Hall–Kier alpha value is -2.21. The van der Waals surface area contributed by atoms with Gasteiger partial charge in [-0.15, -0.1) is 0 Å². The van der Waals surface area contributed by atoms with Crippen LogP contribution in [-0.2, 0) is 11.3 Å². The lowest BCUT2D eigenvalue weighted by Crippen LogP contribution is -2.35. The summed E-state index contributed by atoms with van der Waals surface area (Å²) in [5.74, 6) is 1.20. The van der Waals surface area contributed by atoms with Crippen molar-refractivity contribution in [3.05, 3.63) is 42.4 Å². The molecule has 0 atom stereocenters. The van der Waals surface area contributed by atoms with Crippen LogP contribution in [0.4, 0.5) is 5.82 Å². The van der Waals surface area contributed by atoms with Crippen LogP contribution in [-0.4, -0.2) is 38.7 Å². The molecule has 0 radical (unpaired) electrons. The summed E-state index contributed by atoms with van der Waals surface area (Å²) in [6, 6.07) is 6.44. The summed E-state index contributed by atoms with van der Waals surface area (Å²) in [5, 5.41) is 7.63. The van der Waals surface area contributed by atoms with Crippen LogP contribution in [0.5, 0.6) is 0 Å². The Kier molecular flexibility index (Phi) is 5.29. The lowest BCUT2D eigenvalue weighted by atomic mass is 10.0. The number of hydrogen-bond donors (Lipinski definition) is 1. The molecule has 2 fully saturated rings. The summed E-state index contributed by atoms with van der Waals surface area (Å²) < 4.78 is 2.02. The molecule has 0 spiro atoms. The van der Waals surface area contributed by atoms with E-state index in [1.165, 1.54) is 18.4 Å². The summed E-state index contributed by atoms with van der Waals surface area (Å²) in [5.41, 5.74) is 1.31. The molecule has 2 aromatic heterocycles. The van der Waals surface area contributed by atoms with Crippen LogP contribution in [0.15, 0.2) is 36.8 Å². The molecule has 0 unspecified atom stereocenters. The second kappa shape index (κ2) is 7.99. The number of likely N-dealkylation sites (tertiary alicyclic amines) is 1. The lowest BCUT2D eigenvalue weighted by Gasteiger charge is -2.32. The number of nitrogens with zero attached hydrogens (tertiary/aromatic N) is 4. The zero-order valence-electron chi connectivity index (χ0n) is 15.2. The van der Waals surface area contributed by atoms with Crippen molar-refractivity contribution in [3.8, 4) is 0 Å². The molecule has 1 aliphatic carbocycles. The number of carbonyl (C=O) groups excluding carboxylic acids is 1. The first-order chi connectivity index (χ1) is 12.8. The fourth-order valence-corrected chi connectivity index (χ4v) is 4.19. The van der Waals surface area contributed by atoms with Crippen LogP contribution in [0.1, 0.15) is 50.1 Å². The van der Waals surface area contributed by atoms with E-state index in [4.69, 9.17) is 0 Å².